The number of halogens is 2. The third kappa shape index (κ3) is 3.23. The number of thiazole rings is 1. The normalized spacial score (nSPS) is 29.7. The number of aromatic nitrogens is 1. The highest BCUT2D eigenvalue weighted by atomic mass is 35.5. The number of hydrogen-bond donors (Lipinski definition) is 2. The molecule has 0 amide bonds. The Labute approximate surface area is 130 Å². The highest BCUT2D eigenvalue weighted by Gasteiger charge is 2.49. The molecule has 7 heteroatoms. The average Bonchev–Trinajstić information content (AvgIpc) is 2.93. The molecule has 4 nitrogen and oxygen atoms in total. The topological polar surface area (TPSA) is 48.4 Å². The minimum absolute atomic E-state index is 0. The number of nitrogens with one attached hydrogen (secondary N) is 1. The number of hydrogen-bond acceptors (Lipinski definition) is 5. The zero-order chi connectivity index (χ0) is 11.9. The van der Waals surface area contributed by atoms with Crippen LogP contribution in [0.15, 0.2) is 5.38 Å². The summed E-state index contributed by atoms with van der Waals surface area (Å²) in [4.78, 5) is 6.96. The van der Waals surface area contributed by atoms with Gasteiger partial charge in [-0.1, -0.05) is 0 Å². The Kier molecular flexibility index (Phi) is 6.04. The summed E-state index contributed by atoms with van der Waals surface area (Å²) in [6, 6.07) is 0. The van der Waals surface area contributed by atoms with E-state index in [1.807, 2.05) is 6.92 Å². The van der Waals surface area contributed by atoms with Crippen LogP contribution in [0.1, 0.15) is 10.7 Å². The molecule has 3 rings (SSSR count). The number of aliphatic hydroxyl groups is 1. The van der Waals surface area contributed by atoms with Crippen LogP contribution < -0.4 is 5.32 Å². The van der Waals surface area contributed by atoms with Crippen LogP contribution >= 0.6 is 36.2 Å². The van der Waals surface area contributed by atoms with Gasteiger partial charge < -0.3 is 10.4 Å². The largest absolute Gasteiger partial charge is 0.396 e. The molecule has 3 heterocycles. The predicted octanol–water partition coefficient (Wildman–Crippen LogP) is 1.31. The zero-order valence-corrected chi connectivity index (χ0v) is 13.4. The first kappa shape index (κ1) is 17.1. The lowest BCUT2D eigenvalue weighted by atomic mass is 9.82. The Morgan fingerprint density at radius 3 is 2.95 bits per heavy atom. The summed E-state index contributed by atoms with van der Waals surface area (Å²) in [5.74, 6) is 0.605. The molecule has 2 unspecified atom stereocenters. The molecule has 110 valence electrons. The Bertz CT molecular complexity index is 417. The quantitative estimate of drug-likeness (QED) is 0.879. The monoisotopic (exact) mass is 325 g/mol. The third-order valence-electron chi connectivity index (χ3n) is 4.09. The van der Waals surface area contributed by atoms with Gasteiger partial charge >= 0.3 is 0 Å². The van der Waals surface area contributed by atoms with E-state index in [9.17, 15) is 5.11 Å². The van der Waals surface area contributed by atoms with E-state index in [0.29, 0.717) is 12.5 Å². The molecule has 2 aliphatic rings. The lowest BCUT2D eigenvalue weighted by molar-refractivity contribution is 0.124. The van der Waals surface area contributed by atoms with Crippen LogP contribution in [0.3, 0.4) is 0 Å². The summed E-state index contributed by atoms with van der Waals surface area (Å²) < 4.78 is 0. The van der Waals surface area contributed by atoms with Crippen LogP contribution in [0.4, 0.5) is 0 Å². The second-order valence-electron chi connectivity index (χ2n) is 5.40. The van der Waals surface area contributed by atoms with Gasteiger partial charge in [0.1, 0.15) is 5.01 Å². The summed E-state index contributed by atoms with van der Waals surface area (Å²) in [5.41, 5.74) is 1.22. The van der Waals surface area contributed by atoms with E-state index in [1.54, 1.807) is 11.3 Å². The maximum absolute atomic E-state index is 9.64. The Morgan fingerprint density at radius 1 is 1.58 bits per heavy atom. The molecule has 2 N–H and O–H groups in total. The second-order valence-corrected chi connectivity index (χ2v) is 6.34. The molecule has 0 spiro atoms. The zero-order valence-electron chi connectivity index (χ0n) is 11.0. The van der Waals surface area contributed by atoms with E-state index < -0.39 is 0 Å². The number of likely N-dealkylation sites (tertiary alicyclic amines) is 1. The molecule has 2 fully saturated rings. The standard InChI is InChI=1S/C12H19N3OS.2ClH/c1-9-5-17-11(14-9)4-15-3-10-2-13-6-12(10,7-15)8-16;;/h5,10,13,16H,2-4,6-8H2,1H3;2*1H. The molecule has 1 aromatic heterocycles. The van der Waals surface area contributed by atoms with Gasteiger partial charge in [-0.25, -0.2) is 4.98 Å². The van der Waals surface area contributed by atoms with Gasteiger partial charge in [-0.3, -0.25) is 4.90 Å². The lowest BCUT2D eigenvalue weighted by Crippen LogP contribution is -2.35. The fourth-order valence-electron chi connectivity index (χ4n) is 3.14. The van der Waals surface area contributed by atoms with E-state index >= 15 is 0 Å². The third-order valence-corrected chi connectivity index (χ3v) is 5.04. The molecule has 0 radical (unpaired) electrons. The molecule has 19 heavy (non-hydrogen) atoms. The molecular weight excluding hydrogens is 305 g/mol. The molecule has 0 saturated carbocycles. The molecular formula is C12H21Cl2N3OS. The summed E-state index contributed by atoms with van der Waals surface area (Å²) in [5, 5.41) is 16.3. The van der Waals surface area contributed by atoms with Crippen LogP contribution in [0.2, 0.25) is 0 Å². The summed E-state index contributed by atoms with van der Waals surface area (Å²) in [6.07, 6.45) is 0. The lowest BCUT2D eigenvalue weighted by Gasteiger charge is -2.25. The van der Waals surface area contributed by atoms with Gasteiger partial charge in [0.15, 0.2) is 0 Å². The summed E-state index contributed by atoms with van der Waals surface area (Å²) >= 11 is 1.74. The van der Waals surface area contributed by atoms with E-state index in [2.05, 4.69) is 20.6 Å². The first-order valence-electron chi connectivity index (χ1n) is 6.17. The minimum atomic E-state index is 0. The number of aryl methyl sites for hydroxylation is 1. The van der Waals surface area contributed by atoms with Crippen molar-refractivity contribution in [2.75, 3.05) is 32.8 Å². The first-order valence-corrected chi connectivity index (χ1v) is 7.05. The molecule has 2 atom stereocenters. The second kappa shape index (κ2) is 6.70. The van der Waals surface area contributed by atoms with Crippen molar-refractivity contribution in [1.82, 2.24) is 15.2 Å². The van der Waals surface area contributed by atoms with Gasteiger partial charge in [0.25, 0.3) is 0 Å². The maximum atomic E-state index is 9.64. The highest BCUT2D eigenvalue weighted by molar-refractivity contribution is 7.09. The van der Waals surface area contributed by atoms with Crippen molar-refractivity contribution in [3.05, 3.63) is 16.1 Å². The van der Waals surface area contributed by atoms with Crippen LogP contribution in [0, 0.1) is 18.3 Å². The van der Waals surface area contributed by atoms with Gasteiger partial charge in [-0.15, -0.1) is 36.2 Å². The molecule has 0 bridgehead atoms. The van der Waals surface area contributed by atoms with Crippen LogP contribution in [-0.4, -0.2) is 47.8 Å². The predicted molar refractivity (Wildman–Crippen MR) is 82.5 cm³/mol. The minimum Gasteiger partial charge on any atom is -0.396 e. The van der Waals surface area contributed by atoms with E-state index in [0.717, 1.165) is 38.4 Å². The highest BCUT2D eigenvalue weighted by Crippen LogP contribution is 2.39. The van der Waals surface area contributed by atoms with Gasteiger partial charge in [-0.05, 0) is 19.4 Å². The van der Waals surface area contributed by atoms with Crippen molar-refractivity contribution in [1.29, 1.82) is 0 Å². The fourth-order valence-corrected chi connectivity index (χ4v) is 3.96. The van der Waals surface area contributed by atoms with Crippen LogP contribution in [0.25, 0.3) is 0 Å². The van der Waals surface area contributed by atoms with Gasteiger partial charge in [0, 0.05) is 36.1 Å². The van der Waals surface area contributed by atoms with E-state index in [1.165, 1.54) is 5.01 Å². The van der Waals surface area contributed by atoms with Crippen molar-refractivity contribution >= 4 is 36.2 Å². The van der Waals surface area contributed by atoms with E-state index in [4.69, 9.17) is 0 Å². The van der Waals surface area contributed by atoms with Gasteiger partial charge in [0.2, 0.25) is 0 Å². The van der Waals surface area contributed by atoms with Crippen molar-refractivity contribution in [2.24, 2.45) is 11.3 Å². The van der Waals surface area contributed by atoms with Crippen molar-refractivity contribution in [3.8, 4) is 0 Å². The van der Waals surface area contributed by atoms with Crippen molar-refractivity contribution < 1.29 is 5.11 Å². The Hall–Kier alpha value is 0.0900. The molecule has 2 saturated heterocycles. The summed E-state index contributed by atoms with van der Waals surface area (Å²) in [7, 11) is 0. The molecule has 2 aliphatic heterocycles. The molecule has 0 aliphatic carbocycles. The fraction of sp³-hybridized carbons (Fsp3) is 0.750. The number of rotatable bonds is 3. The number of aliphatic hydroxyl groups excluding tert-OH is 1. The SMILES string of the molecule is Cc1csc(CN2CC3CNCC3(CO)C2)n1.Cl.Cl. The van der Waals surface area contributed by atoms with Crippen LogP contribution in [0.5, 0.6) is 0 Å². The molecule has 1 aromatic rings. The van der Waals surface area contributed by atoms with Crippen molar-refractivity contribution in [3.63, 3.8) is 0 Å². The van der Waals surface area contributed by atoms with Crippen molar-refractivity contribution in [2.45, 2.75) is 13.5 Å². The summed E-state index contributed by atoms with van der Waals surface area (Å²) in [6.45, 7) is 7.38. The Morgan fingerprint density at radius 2 is 2.37 bits per heavy atom. The first-order chi connectivity index (χ1) is 8.22. The molecule has 0 aromatic carbocycles. The number of fused-ring (bicyclic) bond motifs is 1. The Balaban J connectivity index is 0.000000902. The smallest absolute Gasteiger partial charge is 0.107 e. The van der Waals surface area contributed by atoms with Crippen LogP contribution in [-0.2, 0) is 6.54 Å². The van der Waals surface area contributed by atoms with E-state index in [-0.39, 0.29) is 30.2 Å². The van der Waals surface area contributed by atoms with Gasteiger partial charge in [-0.2, -0.15) is 0 Å². The maximum Gasteiger partial charge on any atom is 0.107 e. The van der Waals surface area contributed by atoms with Gasteiger partial charge in [0.05, 0.1) is 13.2 Å². The number of nitrogens with zero attached hydrogens (tertiary/aromatic N) is 2. The average molecular weight is 326 g/mol.